The Kier molecular flexibility index (Phi) is 5.65. The van der Waals surface area contributed by atoms with Crippen molar-refractivity contribution in [2.75, 3.05) is 5.88 Å². The van der Waals surface area contributed by atoms with Crippen LogP contribution in [0.5, 0.6) is 5.88 Å². The lowest BCUT2D eigenvalue weighted by atomic mass is 9.93. The number of rotatable bonds is 5. The summed E-state index contributed by atoms with van der Waals surface area (Å²) in [5, 5.41) is 3.02. The molecule has 20 heavy (non-hydrogen) atoms. The monoisotopic (exact) mass is 296 g/mol. The van der Waals surface area contributed by atoms with E-state index < -0.39 is 0 Å². The van der Waals surface area contributed by atoms with Crippen molar-refractivity contribution in [3.8, 4) is 5.88 Å². The maximum atomic E-state index is 11.5. The van der Waals surface area contributed by atoms with Gasteiger partial charge in [-0.1, -0.05) is 6.07 Å². The number of hydrogen-bond acceptors (Lipinski definition) is 3. The Morgan fingerprint density at radius 1 is 1.40 bits per heavy atom. The van der Waals surface area contributed by atoms with Crippen molar-refractivity contribution in [1.82, 2.24) is 10.3 Å². The number of nitrogens with one attached hydrogen (secondary N) is 1. The van der Waals surface area contributed by atoms with E-state index in [9.17, 15) is 4.79 Å². The van der Waals surface area contributed by atoms with Crippen LogP contribution in [0.4, 0.5) is 0 Å². The second-order valence-corrected chi connectivity index (χ2v) is 5.65. The number of halogens is 1. The van der Waals surface area contributed by atoms with Gasteiger partial charge >= 0.3 is 0 Å². The second kappa shape index (κ2) is 7.48. The molecule has 110 valence electrons. The molecule has 1 saturated carbocycles. The Balaban J connectivity index is 1.74. The molecule has 0 atom stereocenters. The van der Waals surface area contributed by atoms with Gasteiger partial charge in [-0.25, -0.2) is 4.98 Å². The number of pyridine rings is 1. The lowest BCUT2D eigenvalue weighted by Crippen LogP contribution is -2.39. The summed E-state index contributed by atoms with van der Waals surface area (Å²) in [4.78, 5) is 15.7. The van der Waals surface area contributed by atoms with Gasteiger partial charge in [-0.2, -0.15) is 0 Å². The van der Waals surface area contributed by atoms with Crippen molar-refractivity contribution < 1.29 is 9.53 Å². The van der Waals surface area contributed by atoms with Gasteiger partial charge in [0.05, 0.1) is 0 Å². The van der Waals surface area contributed by atoms with Crippen molar-refractivity contribution in [1.29, 1.82) is 0 Å². The van der Waals surface area contributed by atoms with Gasteiger partial charge in [0.1, 0.15) is 6.10 Å². The summed E-state index contributed by atoms with van der Waals surface area (Å²) in [6, 6.07) is 4.17. The standard InChI is InChI=1S/C15H21ClN2O2/c1-11-2-7-15(17-10-11)20-13-5-3-12(4-6-13)18-14(19)8-9-16/h2,7,10,12-13H,3-6,8-9H2,1H3,(H,18,19). The van der Waals surface area contributed by atoms with Crippen LogP contribution in [0.15, 0.2) is 18.3 Å². The molecular weight excluding hydrogens is 276 g/mol. The minimum absolute atomic E-state index is 0.0459. The SMILES string of the molecule is Cc1ccc(OC2CCC(NC(=O)CCCl)CC2)nc1. The van der Waals surface area contributed by atoms with Crippen molar-refractivity contribution in [3.05, 3.63) is 23.9 Å². The smallest absolute Gasteiger partial charge is 0.221 e. The summed E-state index contributed by atoms with van der Waals surface area (Å²) in [6.45, 7) is 2.01. The number of aromatic nitrogens is 1. The topological polar surface area (TPSA) is 51.2 Å². The molecule has 0 aromatic carbocycles. The Hall–Kier alpha value is -1.29. The number of hydrogen-bond donors (Lipinski definition) is 1. The van der Waals surface area contributed by atoms with Crippen molar-refractivity contribution >= 4 is 17.5 Å². The van der Waals surface area contributed by atoms with Crippen LogP contribution < -0.4 is 10.1 Å². The van der Waals surface area contributed by atoms with Crippen molar-refractivity contribution in [2.45, 2.75) is 51.2 Å². The van der Waals surface area contributed by atoms with Gasteiger partial charge in [0.15, 0.2) is 0 Å². The van der Waals surface area contributed by atoms with E-state index in [2.05, 4.69) is 10.3 Å². The fourth-order valence-electron chi connectivity index (χ4n) is 2.41. The zero-order valence-corrected chi connectivity index (χ0v) is 12.5. The summed E-state index contributed by atoms with van der Waals surface area (Å²) in [5.41, 5.74) is 1.13. The van der Waals surface area contributed by atoms with Crippen LogP contribution in [-0.2, 0) is 4.79 Å². The predicted molar refractivity (Wildman–Crippen MR) is 79.1 cm³/mol. The lowest BCUT2D eigenvalue weighted by molar-refractivity contribution is -0.121. The van der Waals surface area contributed by atoms with Crippen molar-refractivity contribution in [3.63, 3.8) is 0 Å². The average Bonchev–Trinajstić information content (AvgIpc) is 2.44. The van der Waals surface area contributed by atoms with E-state index in [1.165, 1.54) is 0 Å². The van der Waals surface area contributed by atoms with Crippen molar-refractivity contribution in [2.24, 2.45) is 0 Å². The zero-order chi connectivity index (χ0) is 14.4. The first kappa shape index (κ1) is 15.1. The molecule has 0 aliphatic heterocycles. The van der Waals surface area contributed by atoms with Crippen LogP contribution in [0.25, 0.3) is 0 Å². The summed E-state index contributed by atoms with van der Waals surface area (Å²) >= 11 is 5.55. The molecular formula is C15H21ClN2O2. The molecule has 1 amide bonds. The molecule has 1 fully saturated rings. The minimum atomic E-state index is 0.0459. The second-order valence-electron chi connectivity index (χ2n) is 5.27. The van der Waals surface area contributed by atoms with Gasteiger partial charge in [0.25, 0.3) is 0 Å². The molecule has 1 aromatic rings. The fraction of sp³-hybridized carbons (Fsp3) is 0.600. The molecule has 0 spiro atoms. The third-order valence-corrected chi connectivity index (χ3v) is 3.72. The highest BCUT2D eigenvalue weighted by Gasteiger charge is 2.23. The molecule has 1 N–H and O–H groups in total. The minimum Gasteiger partial charge on any atom is -0.474 e. The highest BCUT2D eigenvalue weighted by Crippen LogP contribution is 2.23. The van der Waals surface area contributed by atoms with Gasteiger partial charge < -0.3 is 10.1 Å². The first-order chi connectivity index (χ1) is 9.67. The van der Waals surface area contributed by atoms with E-state index in [0.29, 0.717) is 18.2 Å². The molecule has 5 heteroatoms. The molecule has 1 aromatic heterocycles. The van der Waals surface area contributed by atoms with Gasteiger partial charge in [-0.3, -0.25) is 4.79 Å². The van der Waals surface area contributed by atoms with Crippen LogP contribution in [0.3, 0.4) is 0 Å². The lowest BCUT2D eigenvalue weighted by Gasteiger charge is -2.29. The van der Waals surface area contributed by atoms with Crippen LogP contribution in [-0.4, -0.2) is 28.9 Å². The molecule has 1 heterocycles. The number of carbonyl (C=O) groups is 1. The maximum Gasteiger partial charge on any atom is 0.221 e. The zero-order valence-electron chi connectivity index (χ0n) is 11.8. The number of alkyl halides is 1. The number of ether oxygens (including phenoxy) is 1. The summed E-state index contributed by atoms with van der Waals surface area (Å²) < 4.78 is 5.87. The van der Waals surface area contributed by atoms with E-state index in [-0.39, 0.29) is 18.1 Å². The van der Waals surface area contributed by atoms with E-state index in [1.54, 1.807) is 0 Å². The number of aryl methyl sites for hydroxylation is 1. The van der Waals surface area contributed by atoms with Gasteiger partial charge in [0.2, 0.25) is 11.8 Å². The normalized spacial score (nSPS) is 22.3. The molecule has 0 saturated heterocycles. The van der Waals surface area contributed by atoms with E-state index >= 15 is 0 Å². The molecule has 0 unspecified atom stereocenters. The van der Waals surface area contributed by atoms with E-state index in [1.807, 2.05) is 25.3 Å². The summed E-state index contributed by atoms with van der Waals surface area (Å²) in [5.74, 6) is 1.11. The Bertz CT molecular complexity index is 428. The van der Waals surface area contributed by atoms with Crippen LogP contribution in [0.1, 0.15) is 37.7 Å². The van der Waals surface area contributed by atoms with Crippen LogP contribution in [0, 0.1) is 6.92 Å². The number of amides is 1. The summed E-state index contributed by atoms with van der Waals surface area (Å²) in [7, 11) is 0. The quantitative estimate of drug-likeness (QED) is 0.850. The Morgan fingerprint density at radius 3 is 2.75 bits per heavy atom. The first-order valence-electron chi connectivity index (χ1n) is 7.12. The Labute approximate surface area is 124 Å². The predicted octanol–water partition coefficient (Wildman–Crippen LogP) is 2.83. The molecule has 0 bridgehead atoms. The molecule has 0 radical (unpaired) electrons. The maximum absolute atomic E-state index is 11.5. The first-order valence-corrected chi connectivity index (χ1v) is 7.65. The highest BCUT2D eigenvalue weighted by molar-refractivity contribution is 6.18. The van der Waals surface area contributed by atoms with E-state index in [4.69, 9.17) is 16.3 Å². The Morgan fingerprint density at radius 2 is 2.15 bits per heavy atom. The number of carbonyl (C=O) groups excluding carboxylic acids is 1. The average molecular weight is 297 g/mol. The fourth-order valence-corrected chi connectivity index (χ4v) is 2.58. The molecule has 4 nitrogen and oxygen atoms in total. The third kappa shape index (κ3) is 4.67. The third-order valence-electron chi connectivity index (χ3n) is 3.53. The van der Waals surface area contributed by atoms with Gasteiger partial charge in [-0.05, 0) is 38.2 Å². The largest absolute Gasteiger partial charge is 0.474 e. The molecule has 1 aliphatic carbocycles. The van der Waals surface area contributed by atoms with E-state index in [0.717, 1.165) is 31.2 Å². The number of nitrogens with zero attached hydrogens (tertiary/aromatic N) is 1. The molecule has 1 aliphatic rings. The van der Waals surface area contributed by atoms with Crippen LogP contribution in [0.2, 0.25) is 0 Å². The summed E-state index contributed by atoms with van der Waals surface area (Å²) in [6.07, 6.45) is 6.20. The highest BCUT2D eigenvalue weighted by atomic mass is 35.5. The van der Waals surface area contributed by atoms with Crippen LogP contribution >= 0.6 is 11.6 Å². The molecule has 2 rings (SSSR count). The van der Waals surface area contributed by atoms with Gasteiger partial charge in [0, 0.05) is 30.6 Å². The van der Waals surface area contributed by atoms with Gasteiger partial charge in [-0.15, -0.1) is 11.6 Å².